The molecule has 1 aromatic rings. The number of rotatable bonds is 1. The third kappa shape index (κ3) is 1.47. The van der Waals surface area contributed by atoms with E-state index >= 15 is 0 Å². The van der Waals surface area contributed by atoms with Gasteiger partial charge in [-0.25, -0.2) is 0 Å². The van der Waals surface area contributed by atoms with Gasteiger partial charge in [0.25, 0.3) is 0 Å². The number of hydrogen-bond acceptors (Lipinski definition) is 2. The average Bonchev–Trinajstić information content (AvgIpc) is 2.17. The van der Waals surface area contributed by atoms with Gasteiger partial charge >= 0.3 is 0 Å². The first kappa shape index (κ1) is 8.73. The highest BCUT2D eigenvalue weighted by molar-refractivity contribution is 6.31. The first-order valence-electron chi connectivity index (χ1n) is 4.29. The summed E-state index contributed by atoms with van der Waals surface area (Å²) in [6.45, 7) is 0.844. The van der Waals surface area contributed by atoms with Crippen LogP contribution in [0.2, 0.25) is 5.02 Å². The molecule has 1 heterocycles. The van der Waals surface area contributed by atoms with Gasteiger partial charge < -0.3 is 10.1 Å². The number of nitrogens with one attached hydrogen (secondary N) is 1. The van der Waals surface area contributed by atoms with E-state index in [4.69, 9.17) is 11.6 Å². The zero-order valence-corrected chi connectivity index (χ0v) is 7.84. The van der Waals surface area contributed by atoms with Gasteiger partial charge in [-0.3, -0.25) is 0 Å². The number of fused-ring (bicyclic) bond motifs is 1. The smallest absolute Gasteiger partial charge is 0.141 e. The molecule has 0 fully saturated rings. The molecule has 2 nitrogen and oxygen atoms in total. The Kier molecular flexibility index (Phi) is 2.34. The Labute approximate surface area is 81.9 Å². The van der Waals surface area contributed by atoms with Crippen LogP contribution in [0.5, 0.6) is 0 Å². The van der Waals surface area contributed by atoms with Gasteiger partial charge in [-0.2, -0.15) is 0 Å². The summed E-state index contributed by atoms with van der Waals surface area (Å²) in [5.74, 6) is 0. The Morgan fingerprint density at radius 1 is 1.54 bits per heavy atom. The van der Waals surface area contributed by atoms with Crippen molar-refractivity contribution in [1.29, 1.82) is 0 Å². The van der Waals surface area contributed by atoms with E-state index in [-0.39, 0.29) is 6.04 Å². The van der Waals surface area contributed by atoms with E-state index in [0.717, 1.165) is 24.8 Å². The Hall–Kier alpha value is -0.860. The van der Waals surface area contributed by atoms with Crippen molar-refractivity contribution in [3.8, 4) is 0 Å². The van der Waals surface area contributed by atoms with Gasteiger partial charge in [0.2, 0.25) is 0 Å². The topological polar surface area (TPSA) is 29.1 Å². The zero-order valence-electron chi connectivity index (χ0n) is 7.09. The first-order chi connectivity index (χ1) is 6.33. The van der Waals surface area contributed by atoms with Crippen LogP contribution in [0.25, 0.3) is 0 Å². The maximum absolute atomic E-state index is 10.8. The number of halogens is 1. The maximum atomic E-state index is 10.8. The second kappa shape index (κ2) is 3.48. The number of carbonyl (C=O) groups is 1. The summed E-state index contributed by atoms with van der Waals surface area (Å²) in [7, 11) is 0. The number of aldehydes is 1. The van der Waals surface area contributed by atoms with Crippen molar-refractivity contribution in [3.05, 3.63) is 34.3 Å². The molecule has 0 saturated carbocycles. The predicted molar refractivity (Wildman–Crippen MR) is 52.0 cm³/mol. The highest BCUT2D eigenvalue weighted by Gasteiger charge is 2.20. The van der Waals surface area contributed by atoms with Crippen molar-refractivity contribution in [3.63, 3.8) is 0 Å². The molecule has 1 atom stereocenters. The predicted octanol–water partition coefficient (Wildman–Crippen LogP) is 1.73. The molecule has 68 valence electrons. The number of hydrogen-bond donors (Lipinski definition) is 1. The molecule has 1 aromatic carbocycles. The van der Waals surface area contributed by atoms with Crippen LogP contribution in [-0.2, 0) is 11.2 Å². The Morgan fingerprint density at radius 2 is 2.38 bits per heavy atom. The molecule has 3 heteroatoms. The van der Waals surface area contributed by atoms with Crippen LogP contribution in [0.1, 0.15) is 17.2 Å². The number of carbonyl (C=O) groups excluding carboxylic acids is 1. The first-order valence-corrected chi connectivity index (χ1v) is 4.66. The summed E-state index contributed by atoms with van der Waals surface area (Å²) < 4.78 is 0. The van der Waals surface area contributed by atoms with E-state index in [0.29, 0.717) is 5.02 Å². The van der Waals surface area contributed by atoms with Crippen LogP contribution in [0, 0.1) is 0 Å². The van der Waals surface area contributed by atoms with E-state index in [2.05, 4.69) is 5.32 Å². The highest BCUT2D eigenvalue weighted by Crippen LogP contribution is 2.28. The quantitative estimate of drug-likeness (QED) is 0.692. The summed E-state index contributed by atoms with van der Waals surface area (Å²) in [4.78, 5) is 10.8. The maximum Gasteiger partial charge on any atom is 0.141 e. The lowest BCUT2D eigenvalue weighted by Crippen LogP contribution is -2.30. The summed E-state index contributed by atoms with van der Waals surface area (Å²) in [5, 5.41) is 3.80. The van der Waals surface area contributed by atoms with Crippen LogP contribution >= 0.6 is 11.6 Å². The fraction of sp³-hybridized carbons (Fsp3) is 0.300. The molecule has 2 rings (SSSR count). The second-order valence-electron chi connectivity index (χ2n) is 3.13. The van der Waals surface area contributed by atoms with Crippen LogP contribution in [0.4, 0.5) is 0 Å². The van der Waals surface area contributed by atoms with E-state index in [1.165, 1.54) is 5.56 Å². The molecule has 1 N–H and O–H groups in total. The molecular weight excluding hydrogens is 186 g/mol. The molecule has 1 aliphatic rings. The SMILES string of the molecule is O=CC1NCCc2cccc(Cl)c21. The van der Waals surface area contributed by atoms with Crippen molar-refractivity contribution in [2.75, 3.05) is 6.54 Å². The van der Waals surface area contributed by atoms with Gasteiger partial charge in [-0.05, 0) is 23.6 Å². The van der Waals surface area contributed by atoms with Crippen LogP contribution in [-0.4, -0.2) is 12.8 Å². The lowest BCUT2D eigenvalue weighted by atomic mass is 9.95. The van der Waals surface area contributed by atoms with Gasteiger partial charge in [-0.15, -0.1) is 0 Å². The molecule has 0 aromatic heterocycles. The molecule has 13 heavy (non-hydrogen) atoms. The van der Waals surface area contributed by atoms with Crippen molar-refractivity contribution in [1.82, 2.24) is 5.32 Å². The Balaban J connectivity index is 2.53. The molecule has 0 amide bonds. The van der Waals surface area contributed by atoms with E-state index in [1.807, 2.05) is 18.2 Å². The van der Waals surface area contributed by atoms with Crippen LogP contribution < -0.4 is 5.32 Å². The van der Waals surface area contributed by atoms with Gasteiger partial charge in [0.05, 0.1) is 6.04 Å². The van der Waals surface area contributed by atoms with Crippen molar-refractivity contribution in [2.24, 2.45) is 0 Å². The van der Waals surface area contributed by atoms with E-state index in [1.54, 1.807) is 0 Å². The summed E-state index contributed by atoms with van der Waals surface area (Å²) in [6, 6.07) is 5.55. The Bertz CT molecular complexity index is 338. The molecular formula is C10H10ClNO. The van der Waals surface area contributed by atoms with Crippen LogP contribution in [0.3, 0.4) is 0 Å². The minimum atomic E-state index is -0.225. The Morgan fingerprint density at radius 3 is 3.15 bits per heavy atom. The van der Waals surface area contributed by atoms with Crippen LogP contribution in [0.15, 0.2) is 18.2 Å². The largest absolute Gasteiger partial charge is 0.304 e. The molecule has 0 radical (unpaired) electrons. The van der Waals surface area contributed by atoms with Gasteiger partial charge in [0.15, 0.2) is 0 Å². The molecule has 0 spiro atoms. The third-order valence-corrected chi connectivity index (χ3v) is 2.68. The summed E-state index contributed by atoms with van der Waals surface area (Å²) in [6.07, 6.45) is 1.85. The van der Waals surface area contributed by atoms with Gasteiger partial charge in [0, 0.05) is 11.6 Å². The molecule has 0 aliphatic carbocycles. The molecule has 0 saturated heterocycles. The lowest BCUT2D eigenvalue weighted by molar-refractivity contribution is -0.109. The fourth-order valence-corrected chi connectivity index (χ4v) is 2.04. The fourth-order valence-electron chi connectivity index (χ4n) is 1.73. The third-order valence-electron chi connectivity index (χ3n) is 2.35. The van der Waals surface area contributed by atoms with Crippen molar-refractivity contribution in [2.45, 2.75) is 12.5 Å². The van der Waals surface area contributed by atoms with Crippen molar-refractivity contribution >= 4 is 17.9 Å². The van der Waals surface area contributed by atoms with Gasteiger partial charge in [0.1, 0.15) is 6.29 Å². The minimum Gasteiger partial charge on any atom is -0.304 e. The minimum absolute atomic E-state index is 0.225. The molecule has 1 unspecified atom stereocenters. The zero-order chi connectivity index (χ0) is 9.26. The summed E-state index contributed by atoms with van der Waals surface area (Å²) in [5.41, 5.74) is 2.13. The van der Waals surface area contributed by atoms with Crippen molar-refractivity contribution < 1.29 is 4.79 Å². The molecule has 0 bridgehead atoms. The monoisotopic (exact) mass is 195 g/mol. The molecule has 1 aliphatic heterocycles. The summed E-state index contributed by atoms with van der Waals surface area (Å²) >= 11 is 6.02. The normalized spacial score (nSPS) is 20.8. The van der Waals surface area contributed by atoms with Gasteiger partial charge in [-0.1, -0.05) is 23.7 Å². The van der Waals surface area contributed by atoms with E-state index < -0.39 is 0 Å². The lowest BCUT2D eigenvalue weighted by Gasteiger charge is -2.23. The standard InChI is InChI=1S/C10H10ClNO/c11-8-3-1-2-7-4-5-12-9(6-13)10(7)8/h1-3,6,9,12H,4-5H2. The average molecular weight is 196 g/mol. The second-order valence-corrected chi connectivity index (χ2v) is 3.54. The van der Waals surface area contributed by atoms with E-state index in [9.17, 15) is 4.79 Å². The highest BCUT2D eigenvalue weighted by atomic mass is 35.5. The number of benzene rings is 1.